The number of nitriles is 1. The Morgan fingerprint density at radius 3 is 2.54 bits per heavy atom. The van der Waals surface area contributed by atoms with Gasteiger partial charge in [0, 0.05) is 10.2 Å². The Bertz CT molecular complexity index is 1150. The van der Waals surface area contributed by atoms with Crippen LogP contribution < -0.4 is 10.1 Å². The first-order valence-electron chi connectivity index (χ1n) is 8.11. The van der Waals surface area contributed by atoms with Gasteiger partial charge in [0.2, 0.25) is 0 Å². The van der Waals surface area contributed by atoms with Crippen LogP contribution in [0.5, 0.6) is 11.5 Å². The first-order valence-corrected chi connectivity index (χ1v) is 9.70. The van der Waals surface area contributed by atoms with E-state index in [1.165, 1.54) is 19.3 Å². The molecule has 0 fully saturated rings. The van der Waals surface area contributed by atoms with Crippen LogP contribution in [0.15, 0.2) is 63.0 Å². The standard InChI is InChI=1S/C21H14Br2N2O3/c1-28-17-10-14(18(22)19(23)20(17)26)8-15(11-24)21(27)25-16-7-6-12-4-2-3-5-13(12)9-16/h2-10,26H,1H3,(H,25,27). The van der Waals surface area contributed by atoms with Gasteiger partial charge in [0.15, 0.2) is 11.5 Å². The fraction of sp³-hybridized carbons (Fsp3) is 0.0476. The molecule has 0 bridgehead atoms. The van der Waals surface area contributed by atoms with Crippen molar-refractivity contribution in [1.82, 2.24) is 0 Å². The van der Waals surface area contributed by atoms with Crippen LogP contribution >= 0.6 is 31.9 Å². The number of aromatic hydroxyl groups is 1. The van der Waals surface area contributed by atoms with E-state index in [9.17, 15) is 15.2 Å². The largest absolute Gasteiger partial charge is 0.503 e. The molecule has 140 valence electrons. The molecule has 0 radical (unpaired) electrons. The lowest BCUT2D eigenvalue weighted by Gasteiger charge is -2.10. The Kier molecular flexibility index (Phi) is 6.02. The summed E-state index contributed by atoms with van der Waals surface area (Å²) in [6.45, 7) is 0. The third-order valence-electron chi connectivity index (χ3n) is 4.07. The number of carbonyl (C=O) groups excluding carboxylic acids is 1. The molecule has 3 rings (SSSR count). The Balaban J connectivity index is 1.93. The SMILES string of the molecule is COc1cc(C=C(C#N)C(=O)Nc2ccc3ccccc3c2)c(Br)c(Br)c1O. The number of hydrogen-bond acceptors (Lipinski definition) is 4. The lowest BCUT2D eigenvalue weighted by Crippen LogP contribution is -2.13. The summed E-state index contributed by atoms with van der Waals surface area (Å²) < 4.78 is 5.98. The van der Waals surface area contributed by atoms with Gasteiger partial charge in [0.05, 0.1) is 11.6 Å². The zero-order valence-electron chi connectivity index (χ0n) is 14.7. The van der Waals surface area contributed by atoms with Crippen LogP contribution in [0.3, 0.4) is 0 Å². The van der Waals surface area contributed by atoms with Crippen molar-refractivity contribution in [1.29, 1.82) is 5.26 Å². The number of phenols is 1. The molecule has 0 heterocycles. The summed E-state index contributed by atoms with van der Waals surface area (Å²) in [4.78, 5) is 12.6. The zero-order valence-corrected chi connectivity index (χ0v) is 17.8. The van der Waals surface area contributed by atoms with Gasteiger partial charge in [-0.1, -0.05) is 30.3 Å². The van der Waals surface area contributed by atoms with Crippen LogP contribution in [0, 0.1) is 11.3 Å². The maximum absolute atomic E-state index is 12.6. The van der Waals surface area contributed by atoms with E-state index in [1.807, 2.05) is 42.5 Å². The third kappa shape index (κ3) is 4.03. The number of rotatable bonds is 4. The number of benzene rings is 3. The number of carbonyl (C=O) groups is 1. The number of methoxy groups -OCH3 is 1. The van der Waals surface area contributed by atoms with Crippen molar-refractivity contribution in [2.45, 2.75) is 0 Å². The van der Waals surface area contributed by atoms with E-state index in [0.717, 1.165) is 10.8 Å². The molecule has 0 spiro atoms. The molecule has 3 aromatic carbocycles. The molecule has 0 atom stereocenters. The van der Waals surface area contributed by atoms with Crippen molar-refractivity contribution in [2.75, 3.05) is 12.4 Å². The number of anilines is 1. The van der Waals surface area contributed by atoms with Crippen molar-refractivity contribution in [3.63, 3.8) is 0 Å². The molecule has 0 aliphatic rings. The molecule has 0 aromatic heterocycles. The Morgan fingerprint density at radius 2 is 1.86 bits per heavy atom. The van der Waals surface area contributed by atoms with Crippen LogP contribution in [0.25, 0.3) is 16.8 Å². The molecular formula is C21H14Br2N2O3. The number of fused-ring (bicyclic) bond motifs is 1. The summed E-state index contributed by atoms with van der Waals surface area (Å²) in [5, 5.41) is 24.3. The van der Waals surface area contributed by atoms with Crippen LogP contribution in [-0.4, -0.2) is 18.1 Å². The second kappa shape index (κ2) is 8.46. The molecule has 3 aromatic rings. The quantitative estimate of drug-likeness (QED) is 0.358. The smallest absolute Gasteiger partial charge is 0.266 e. The van der Waals surface area contributed by atoms with E-state index >= 15 is 0 Å². The van der Waals surface area contributed by atoms with Gasteiger partial charge in [0.25, 0.3) is 5.91 Å². The predicted molar refractivity (Wildman–Crippen MR) is 116 cm³/mol. The van der Waals surface area contributed by atoms with Crippen molar-refractivity contribution in [3.8, 4) is 17.6 Å². The summed E-state index contributed by atoms with van der Waals surface area (Å²) in [7, 11) is 1.42. The monoisotopic (exact) mass is 500 g/mol. The van der Waals surface area contributed by atoms with Gasteiger partial charge in [-0.15, -0.1) is 0 Å². The minimum absolute atomic E-state index is 0.0781. The highest BCUT2D eigenvalue weighted by Crippen LogP contribution is 2.42. The average molecular weight is 502 g/mol. The summed E-state index contributed by atoms with van der Waals surface area (Å²) in [6, 6.07) is 16.8. The Hall–Kier alpha value is -2.82. The first kappa shape index (κ1) is 19.9. The van der Waals surface area contributed by atoms with Crippen molar-refractivity contribution >= 4 is 60.3 Å². The Labute approximate surface area is 178 Å². The van der Waals surface area contributed by atoms with Gasteiger partial charge < -0.3 is 15.2 Å². The summed E-state index contributed by atoms with van der Waals surface area (Å²) in [5.74, 6) is -0.396. The van der Waals surface area contributed by atoms with E-state index in [2.05, 4.69) is 37.2 Å². The highest BCUT2D eigenvalue weighted by atomic mass is 79.9. The molecular weight excluding hydrogens is 488 g/mol. The van der Waals surface area contributed by atoms with Crippen molar-refractivity contribution in [2.24, 2.45) is 0 Å². The number of nitrogens with one attached hydrogen (secondary N) is 1. The molecule has 0 saturated heterocycles. The number of ether oxygens (including phenoxy) is 1. The topological polar surface area (TPSA) is 82.3 Å². The van der Waals surface area contributed by atoms with Crippen molar-refractivity contribution in [3.05, 3.63) is 68.6 Å². The van der Waals surface area contributed by atoms with Crippen LogP contribution in [-0.2, 0) is 4.79 Å². The molecule has 0 unspecified atom stereocenters. The lowest BCUT2D eigenvalue weighted by atomic mass is 10.1. The molecule has 0 saturated carbocycles. The molecule has 7 heteroatoms. The Morgan fingerprint density at radius 1 is 1.14 bits per heavy atom. The van der Waals surface area contributed by atoms with E-state index < -0.39 is 5.91 Å². The van der Waals surface area contributed by atoms with Gasteiger partial charge >= 0.3 is 0 Å². The normalized spacial score (nSPS) is 11.1. The minimum atomic E-state index is -0.534. The van der Waals surface area contributed by atoms with Gasteiger partial charge in [-0.3, -0.25) is 4.79 Å². The van der Waals surface area contributed by atoms with Gasteiger partial charge in [-0.05, 0) is 72.5 Å². The molecule has 5 nitrogen and oxygen atoms in total. The van der Waals surface area contributed by atoms with Gasteiger partial charge in [-0.2, -0.15) is 5.26 Å². The van der Waals surface area contributed by atoms with Crippen LogP contribution in [0.1, 0.15) is 5.56 Å². The number of phenolic OH excluding ortho intramolecular Hbond substituents is 1. The fourth-order valence-corrected chi connectivity index (χ4v) is 3.48. The van der Waals surface area contributed by atoms with E-state index in [1.54, 1.807) is 6.07 Å². The van der Waals surface area contributed by atoms with Crippen LogP contribution in [0.2, 0.25) is 0 Å². The number of nitrogens with zero attached hydrogens (tertiary/aromatic N) is 1. The third-order valence-corrected chi connectivity index (χ3v) is 6.22. The zero-order chi connectivity index (χ0) is 20.3. The van der Waals surface area contributed by atoms with Gasteiger partial charge in [0.1, 0.15) is 11.6 Å². The lowest BCUT2D eigenvalue weighted by molar-refractivity contribution is -0.112. The van der Waals surface area contributed by atoms with E-state index in [4.69, 9.17) is 4.74 Å². The number of hydrogen-bond donors (Lipinski definition) is 2. The molecule has 0 aliphatic carbocycles. The van der Waals surface area contributed by atoms with Gasteiger partial charge in [-0.25, -0.2) is 0 Å². The summed E-state index contributed by atoms with van der Waals surface area (Å²) in [6.07, 6.45) is 1.42. The van der Waals surface area contributed by atoms with E-state index in [0.29, 0.717) is 20.2 Å². The maximum Gasteiger partial charge on any atom is 0.266 e. The van der Waals surface area contributed by atoms with E-state index in [-0.39, 0.29) is 17.1 Å². The molecule has 1 amide bonds. The fourth-order valence-electron chi connectivity index (χ4n) is 2.64. The molecule has 2 N–H and O–H groups in total. The minimum Gasteiger partial charge on any atom is -0.503 e. The second-order valence-electron chi connectivity index (χ2n) is 5.83. The number of halogens is 2. The summed E-state index contributed by atoms with van der Waals surface area (Å²) in [5.41, 5.74) is 1.01. The highest BCUT2D eigenvalue weighted by molar-refractivity contribution is 9.13. The number of amides is 1. The average Bonchev–Trinajstić information content (AvgIpc) is 2.71. The first-order chi connectivity index (χ1) is 13.4. The maximum atomic E-state index is 12.6. The predicted octanol–water partition coefficient (Wildman–Crippen LogP) is 5.62. The van der Waals surface area contributed by atoms with Crippen molar-refractivity contribution < 1.29 is 14.6 Å². The summed E-state index contributed by atoms with van der Waals surface area (Å²) >= 11 is 6.60. The highest BCUT2D eigenvalue weighted by Gasteiger charge is 2.16. The molecule has 0 aliphatic heterocycles. The van der Waals surface area contributed by atoms with Crippen LogP contribution in [0.4, 0.5) is 5.69 Å². The second-order valence-corrected chi connectivity index (χ2v) is 7.42. The molecule has 28 heavy (non-hydrogen) atoms.